The number of hydrogen-bond acceptors (Lipinski definition) is 2. The molecule has 0 fully saturated rings. The van der Waals surface area contributed by atoms with Crippen molar-refractivity contribution in [1.82, 2.24) is 0 Å². The summed E-state index contributed by atoms with van der Waals surface area (Å²) in [5.41, 5.74) is 3.24. The second-order valence-electron chi connectivity index (χ2n) is 4.63. The molecule has 2 aromatic carbocycles. The van der Waals surface area contributed by atoms with Gasteiger partial charge in [0.05, 0.1) is 6.61 Å². The average Bonchev–Trinajstić information content (AvgIpc) is 2.45. The van der Waals surface area contributed by atoms with Crippen LogP contribution >= 0.6 is 11.6 Å². The van der Waals surface area contributed by atoms with E-state index in [2.05, 4.69) is 10.6 Å². The Balaban J connectivity index is 2.06. The summed E-state index contributed by atoms with van der Waals surface area (Å²) in [6.07, 6.45) is 0. The second kappa shape index (κ2) is 7.11. The molecule has 0 aromatic heterocycles. The lowest BCUT2D eigenvalue weighted by Crippen LogP contribution is -2.20. The number of carbonyl (C=O) groups is 1. The first-order valence-corrected chi connectivity index (χ1v) is 6.89. The third-order valence-electron chi connectivity index (χ3n) is 3.00. The molecule has 2 N–H and O–H groups in total. The zero-order valence-corrected chi connectivity index (χ0v) is 12.7. The van der Waals surface area contributed by atoms with Gasteiger partial charge < -0.3 is 15.4 Å². The minimum atomic E-state index is -0.321. The third-order valence-corrected chi connectivity index (χ3v) is 3.40. The number of hydrogen-bond donors (Lipinski definition) is 2. The summed E-state index contributed by atoms with van der Waals surface area (Å²) in [5.74, 6) is 0. The molecule has 21 heavy (non-hydrogen) atoms. The number of nitrogens with one attached hydrogen (secondary N) is 2. The smallest absolute Gasteiger partial charge is 0.323 e. The molecule has 0 saturated heterocycles. The van der Waals surface area contributed by atoms with Gasteiger partial charge in [0.2, 0.25) is 0 Å². The fourth-order valence-corrected chi connectivity index (χ4v) is 2.06. The number of rotatable bonds is 4. The van der Waals surface area contributed by atoms with E-state index in [9.17, 15) is 4.79 Å². The molecule has 0 aliphatic rings. The summed E-state index contributed by atoms with van der Waals surface area (Å²) in [4.78, 5) is 12.0. The van der Waals surface area contributed by atoms with Crippen LogP contribution in [0.3, 0.4) is 0 Å². The molecular formula is C16H17ClN2O2. The molecule has 0 heterocycles. The number of methoxy groups -OCH3 is 1. The van der Waals surface area contributed by atoms with E-state index in [0.717, 1.165) is 16.8 Å². The first-order chi connectivity index (χ1) is 10.1. The van der Waals surface area contributed by atoms with Gasteiger partial charge in [-0.15, -0.1) is 0 Å². The van der Waals surface area contributed by atoms with Gasteiger partial charge in [0, 0.05) is 29.1 Å². The van der Waals surface area contributed by atoms with Crippen molar-refractivity contribution in [3.63, 3.8) is 0 Å². The molecule has 0 unspecified atom stereocenters. The lowest BCUT2D eigenvalue weighted by Gasteiger charge is -2.12. The standard InChI is InChI=1S/C16H17ClN2O2/c1-11-7-8-13(9-14(11)17)18-16(20)19-15-6-4-3-5-12(15)10-21-2/h3-9H,10H2,1-2H3,(H2,18,19,20). The van der Waals surface area contributed by atoms with Gasteiger partial charge in [-0.25, -0.2) is 4.79 Å². The Morgan fingerprint density at radius 3 is 2.67 bits per heavy atom. The van der Waals surface area contributed by atoms with Gasteiger partial charge in [-0.3, -0.25) is 0 Å². The molecule has 2 rings (SSSR count). The lowest BCUT2D eigenvalue weighted by molar-refractivity contribution is 0.185. The maximum Gasteiger partial charge on any atom is 0.323 e. The van der Waals surface area contributed by atoms with Gasteiger partial charge in [0.1, 0.15) is 0 Å². The predicted molar refractivity (Wildman–Crippen MR) is 86.0 cm³/mol. The highest BCUT2D eigenvalue weighted by Gasteiger charge is 2.07. The number of aryl methyl sites for hydroxylation is 1. The number of benzene rings is 2. The molecular weight excluding hydrogens is 288 g/mol. The Morgan fingerprint density at radius 1 is 1.19 bits per heavy atom. The monoisotopic (exact) mass is 304 g/mol. The highest BCUT2D eigenvalue weighted by Crippen LogP contribution is 2.21. The number of ether oxygens (including phenoxy) is 1. The Kier molecular flexibility index (Phi) is 5.20. The molecule has 110 valence electrons. The largest absolute Gasteiger partial charge is 0.380 e. The Morgan fingerprint density at radius 2 is 1.95 bits per heavy atom. The van der Waals surface area contributed by atoms with E-state index in [1.54, 1.807) is 13.2 Å². The maximum atomic E-state index is 12.0. The molecule has 0 atom stereocenters. The summed E-state index contributed by atoms with van der Waals surface area (Å²) < 4.78 is 5.11. The SMILES string of the molecule is COCc1ccccc1NC(=O)Nc1ccc(C)c(Cl)c1. The van der Waals surface area contributed by atoms with Gasteiger partial charge in [0.15, 0.2) is 0 Å². The summed E-state index contributed by atoms with van der Waals surface area (Å²) >= 11 is 6.04. The number of halogens is 1. The summed E-state index contributed by atoms with van der Waals surface area (Å²) in [6.45, 7) is 2.35. The number of anilines is 2. The van der Waals surface area contributed by atoms with Crippen molar-refractivity contribution in [1.29, 1.82) is 0 Å². The van der Waals surface area contributed by atoms with Crippen LogP contribution in [0.4, 0.5) is 16.2 Å². The van der Waals surface area contributed by atoms with Crippen molar-refractivity contribution in [3.05, 3.63) is 58.6 Å². The molecule has 0 spiro atoms. The van der Waals surface area contributed by atoms with Crippen LogP contribution in [0.1, 0.15) is 11.1 Å². The van der Waals surface area contributed by atoms with E-state index in [4.69, 9.17) is 16.3 Å². The molecule has 0 aliphatic heterocycles. The quantitative estimate of drug-likeness (QED) is 0.877. The van der Waals surface area contributed by atoms with Gasteiger partial charge in [-0.2, -0.15) is 0 Å². The van der Waals surface area contributed by atoms with Crippen LogP contribution in [-0.2, 0) is 11.3 Å². The average molecular weight is 305 g/mol. The molecule has 0 bridgehead atoms. The topological polar surface area (TPSA) is 50.4 Å². The van der Waals surface area contributed by atoms with Gasteiger partial charge >= 0.3 is 6.03 Å². The van der Waals surface area contributed by atoms with Crippen LogP contribution in [0.5, 0.6) is 0 Å². The number of carbonyl (C=O) groups excluding carboxylic acids is 1. The van der Waals surface area contributed by atoms with E-state index in [1.807, 2.05) is 43.3 Å². The predicted octanol–water partition coefficient (Wildman–Crippen LogP) is 4.44. The zero-order chi connectivity index (χ0) is 15.2. The van der Waals surface area contributed by atoms with E-state index in [-0.39, 0.29) is 6.03 Å². The Bertz CT molecular complexity index is 644. The maximum absolute atomic E-state index is 12.0. The summed E-state index contributed by atoms with van der Waals surface area (Å²) in [7, 11) is 1.62. The summed E-state index contributed by atoms with van der Waals surface area (Å²) in [6, 6.07) is 12.6. The van der Waals surface area contributed by atoms with Gasteiger partial charge in [-0.05, 0) is 30.7 Å². The number of urea groups is 1. The fraction of sp³-hybridized carbons (Fsp3) is 0.188. The molecule has 2 aromatic rings. The van der Waals surface area contributed by atoms with Crippen LogP contribution < -0.4 is 10.6 Å². The van der Waals surface area contributed by atoms with E-state index >= 15 is 0 Å². The van der Waals surface area contributed by atoms with Crippen molar-refractivity contribution >= 4 is 29.0 Å². The lowest BCUT2D eigenvalue weighted by atomic mass is 10.2. The van der Waals surface area contributed by atoms with E-state index < -0.39 is 0 Å². The fourth-order valence-electron chi connectivity index (χ4n) is 1.88. The normalized spacial score (nSPS) is 10.2. The highest BCUT2D eigenvalue weighted by molar-refractivity contribution is 6.31. The highest BCUT2D eigenvalue weighted by atomic mass is 35.5. The van der Waals surface area contributed by atoms with Crippen molar-refractivity contribution in [2.45, 2.75) is 13.5 Å². The Hall–Kier alpha value is -2.04. The Labute approximate surface area is 129 Å². The van der Waals surface area contributed by atoms with Gasteiger partial charge in [-0.1, -0.05) is 35.9 Å². The van der Waals surface area contributed by atoms with Crippen LogP contribution in [0.25, 0.3) is 0 Å². The van der Waals surface area contributed by atoms with Crippen molar-refractivity contribution < 1.29 is 9.53 Å². The van der Waals surface area contributed by atoms with Crippen molar-refractivity contribution in [3.8, 4) is 0 Å². The van der Waals surface area contributed by atoms with E-state index in [1.165, 1.54) is 0 Å². The minimum Gasteiger partial charge on any atom is -0.380 e. The van der Waals surface area contributed by atoms with Crippen LogP contribution in [0.2, 0.25) is 5.02 Å². The first-order valence-electron chi connectivity index (χ1n) is 6.51. The van der Waals surface area contributed by atoms with Crippen LogP contribution in [0.15, 0.2) is 42.5 Å². The number of para-hydroxylation sites is 1. The molecule has 0 saturated carbocycles. The van der Waals surface area contributed by atoms with E-state index in [0.29, 0.717) is 17.3 Å². The molecule has 0 radical (unpaired) electrons. The minimum absolute atomic E-state index is 0.321. The number of amides is 2. The summed E-state index contributed by atoms with van der Waals surface area (Å²) in [5, 5.41) is 6.18. The third kappa shape index (κ3) is 4.21. The first kappa shape index (κ1) is 15.4. The molecule has 4 nitrogen and oxygen atoms in total. The van der Waals surface area contributed by atoms with Crippen LogP contribution in [-0.4, -0.2) is 13.1 Å². The molecule has 0 aliphatic carbocycles. The molecule has 2 amide bonds. The van der Waals surface area contributed by atoms with Crippen molar-refractivity contribution in [2.75, 3.05) is 17.7 Å². The second-order valence-corrected chi connectivity index (χ2v) is 5.04. The zero-order valence-electron chi connectivity index (χ0n) is 11.9. The van der Waals surface area contributed by atoms with Crippen molar-refractivity contribution in [2.24, 2.45) is 0 Å². The molecule has 5 heteroatoms. The van der Waals surface area contributed by atoms with Gasteiger partial charge in [0.25, 0.3) is 0 Å². The van der Waals surface area contributed by atoms with Crippen LogP contribution in [0, 0.1) is 6.92 Å².